The number of para-hydroxylation sites is 1. The van der Waals surface area contributed by atoms with E-state index in [0.717, 1.165) is 0 Å². The van der Waals surface area contributed by atoms with Crippen LogP contribution in [0.15, 0.2) is 24.3 Å². The molecular formula is C15H19NO5. The van der Waals surface area contributed by atoms with Crippen LogP contribution in [0.4, 0.5) is 0 Å². The molecule has 0 aromatic heterocycles. The van der Waals surface area contributed by atoms with E-state index in [1.165, 1.54) is 32.4 Å². The van der Waals surface area contributed by atoms with Crippen molar-refractivity contribution in [3.63, 3.8) is 0 Å². The smallest absolute Gasteiger partial charge is 0.328 e. The van der Waals surface area contributed by atoms with Gasteiger partial charge >= 0.3 is 5.97 Å². The number of fused-ring (bicyclic) bond motifs is 1. The van der Waals surface area contributed by atoms with Gasteiger partial charge in [-0.05, 0) is 31.4 Å². The summed E-state index contributed by atoms with van der Waals surface area (Å²) in [6.07, 6.45) is 5.42. The molecule has 21 heavy (non-hydrogen) atoms. The summed E-state index contributed by atoms with van der Waals surface area (Å²) in [5.41, 5.74) is 5.39. The first kappa shape index (κ1) is 15.5. The maximum absolute atomic E-state index is 11.6. The predicted molar refractivity (Wildman–Crippen MR) is 75.4 cm³/mol. The Bertz CT molecular complexity index is 511. The second kappa shape index (κ2) is 6.69. The Morgan fingerprint density at radius 1 is 1.33 bits per heavy atom. The molecule has 3 fully saturated rings. The number of Topliss-reactive ketones (excluding diaryl/α,β-unsaturated/α-hetero) is 1. The molecule has 2 saturated heterocycles. The number of benzene rings is 1. The fourth-order valence-electron chi connectivity index (χ4n) is 2.43. The van der Waals surface area contributed by atoms with Crippen LogP contribution < -0.4 is 10.5 Å². The lowest BCUT2D eigenvalue weighted by Crippen LogP contribution is -2.38. The first-order valence-corrected chi connectivity index (χ1v) is 6.84. The van der Waals surface area contributed by atoms with Crippen LogP contribution in [-0.4, -0.2) is 42.2 Å². The van der Waals surface area contributed by atoms with Crippen molar-refractivity contribution in [2.24, 2.45) is 5.73 Å². The normalized spacial score (nSPS) is 23.3. The average Bonchev–Trinajstić information content (AvgIpc) is 3.11. The van der Waals surface area contributed by atoms with Crippen molar-refractivity contribution in [2.45, 2.75) is 37.5 Å². The fourth-order valence-corrected chi connectivity index (χ4v) is 2.43. The first-order chi connectivity index (χ1) is 10.0. The van der Waals surface area contributed by atoms with Crippen LogP contribution in [0, 0.1) is 0 Å². The number of nitrogens with two attached hydrogens (primary N) is 1. The van der Waals surface area contributed by atoms with Crippen LogP contribution in [0.5, 0.6) is 5.75 Å². The monoisotopic (exact) mass is 293 g/mol. The van der Waals surface area contributed by atoms with Gasteiger partial charge in [-0.1, -0.05) is 12.1 Å². The van der Waals surface area contributed by atoms with Gasteiger partial charge in [-0.2, -0.15) is 0 Å². The van der Waals surface area contributed by atoms with Gasteiger partial charge in [0.05, 0.1) is 24.9 Å². The minimum Gasteiger partial charge on any atom is -0.496 e. The van der Waals surface area contributed by atoms with Crippen LogP contribution in [0.1, 0.15) is 29.6 Å². The lowest BCUT2D eigenvalue weighted by molar-refractivity contribution is -0.137. The van der Waals surface area contributed by atoms with Crippen molar-refractivity contribution in [2.75, 3.05) is 7.11 Å². The Hall–Kier alpha value is -1.92. The molecule has 0 spiro atoms. The minimum absolute atomic E-state index is 0.176. The molecule has 3 atom stereocenters. The number of carbonyl (C=O) groups excluding carboxylic acids is 1. The molecule has 1 saturated carbocycles. The summed E-state index contributed by atoms with van der Waals surface area (Å²) in [5.74, 6) is -1.70. The molecule has 1 aliphatic carbocycles. The molecule has 1 aromatic rings. The van der Waals surface area contributed by atoms with Gasteiger partial charge in [0.2, 0.25) is 0 Å². The molecule has 0 amide bonds. The highest BCUT2D eigenvalue weighted by Gasteiger charge is 2.36. The Morgan fingerprint density at radius 3 is 2.33 bits per heavy atom. The number of aliphatic carboxylic acids is 1. The topological polar surface area (TPSA) is 98.9 Å². The van der Waals surface area contributed by atoms with Gasteiger partial charge in [0, 0.05) is 0 Å². The van der Waals surface area contributed by atoms with E-state index in [-0.39, 0.29) is 5.56 Å². The van der Waals surface area contributed by atoms with Gasteiger partial charge < -0.3 is 20.3 Å². The SMILES string of the molecule is C1CC2CC1O2.COc1ccccc1C(=O)C(N)C(=O)O. The predicted octanol–water partition coefficient (Wildman–Crippen LogP) is 1.23. The number of ether oxygens (including phenoxy) is 2. The van der Waals surface area contributed by atoms with Crippen LogP contribution in [0.3, 0.4) is 0 Å². The van der Waals surface area contributed by atoms with Crippen molar-refractivity contribution in [3.8, 4) is 5.75 Å². The molecule has 3 unspecified atom stereocenters. The van der Waals surface area contributed by atoms with E-state index >= 15 is 0 Å². The summed E-state index contributed by atoms with van der Waals surface area (Å²) >= 11 is 0. The van der Waals surface area contributed by atoms with E-state index < -0.39 is 17.8 Å². The first-order valence-electron chi connectivity index (χ1n) is 6.84. The second-order valence-electron chi connectivity index (χ2n) is 5.07. The number of ketones is 1. The van der Waals surface area contributed by atoms with E-state index in [2.05, 4.69) is 0 Å². The number of hydrogen-bond acceptors (Lipinski definition) is 5. The highest BCUT2D eigenvalue weighted by molar-refractivity contribution is 6.12. The van der Waals surface area contributed by atoms with Crippen LogP contribution in [-0.2, 0) is 9.53 Å². The Kier molecular flexibility index (Phi) is 4.93. The third-order valence-electron chi connectivity index (χ3n) is 3.64. The van der Waals surface area contributed by atoms with E-state index in [0.29, 0.717) is 18.0 Å². The average molecular weight is 293 g/mol. The zero-order valence-corrected chi connectivity index (χ0v) is 11.8. The molecule has 3 aliphatic rings. The van der Waals surface area contributed by atoms with E-state index in [1.54, 1.807) is 18.2 Å². The van der Waals surface area contributed by atoms with Gasteiger partial charge in [0.15, 0.2) is 11.8 Å². The molecule has 114 valence electrons. The molecule has 1 aromatic carbocycles. The van der Waals surface area contributed by atoms with E-state index in [9.17, 15) is 9.59 Å². The lowest BCUT2D eigenvalue weighted by Gasteiger charge is -2.23. The fraction of sp³-hybridized carbons (Fsp3) is 0.467. The summed E-state index contributed by atoms with van der Waals surface area (Å²) in [5, 5.41) is 8.59. The summed E-state index contributed by atoms with van der Waals surface area (Å²) in [6, 6.07) is 4.79. The molecule has 2 aliphatic heterocycles. The zero-order valence-electron chi connectivity index (χ0n) is 11.8. The Balaban J connectivity index is 0.000000218. The third-order valence-corrected chi connectivity index (χ3v) is 3.64. The Morgan fingerprint density at radius 2 is 1.90 bits per heavy atom. The van der Waals surface area contributed by atoms with Crippen molar-refractivity contribution in [3.05, 3.63) is 29.8 Å². The number of carbonyl (C=O) groups is 2. The van der Waals surface area contributed by atoms with Gasteiger partial charge in [-0.15, -0.1) is 0 Å². The summed E-state index contributed by atoms with van der Waals surface area (Å²) in [6.45, 7) is 0. The maximum atomic E-state index is 11.6. The Labute approximate surface area is 122 Å². The quantitative estimate of drug-likeness (QED) is 0.640. The summed E-state index contributed by atoms with van der Waals surface area (Å²) in [4.78, 5) is 22.1. The lowest BCUT2D eigenvalue weighted by atomic mass is 10.0. The minimum atomic E-state index is -1.55. The largest absolute Gasteiger partial charge is 0.496 e. The molecular weight excluding hydrogens is 274 g/mol. The summed E-state index contributed by atoms with van der Waals surface area (Å²) in [7, 11) is 1.40. The highest BCUT2D eigenvalue weighted by Crippen LogP contribution is 2.36. The number of hydrogen-bond donors (Lipinski definition) is 2. The molecule has 6 nitrogen and oxygen atoms in total. The molecule has 6 heteroatoms. The van der Waals surface area contributed by atoms with Crippen LogP contribution in [0.25, 0.3) is 0 Å². The number of rotatable bonds is 4. The van der Waals surface area contributed by atoms with Crippen molar-refractivity contribution < 1.29 is 24.2 Å². The second-order valence-corrected chi connectivity index (χ2v) is 5.07. The standard InChI is InChI=1S/C10H11NO4.C5H8O/c1-15-7-5-3-2-4-6(7)9(12)8(11)10(13)14;1-2-5-3-4(1)6-5/h2-5,8H,11H2,1H3,(H,13,14);4-5H,1-3H2. The number of carboxylic acid groups (broad SMARTS) is 1. The van der Waals surface area contributed by atoms with E-state index in [1.807, 2.05) is 0 Å². The molecule has 4 rings (SSSR count). The molecule has 2 bridgehead atoms. The summed E-state index contributed by atoms with van der Waals surface area (Å²) < 4.78 is 10.2. The molecule has 2 heterocycles. The van der Waals surface area contributed by atoms with Crippen LogP contribution >= 0.6 is 0 Å². The van der Waals surface area contributed by atoms with Crippen LogP contribution in [0.2, 0.25) is 0 Å². The van der Waals surface area contributed by atoms with Crippen molar-refractivity contribution in [1.29, 1.82) is 0 Å². The highest BCUT2D eigenvalue weighted by atomic mass is 16.5. The van der Waals surface area contributed by atoms with Gasteiger partial charge in [-0.25, -0.2) is 0 Å². The van der Waals surface area contributed by atoms with Gasteiger partial charge in [-0.3, -0.25) is 9.59 Å². The third kappa shape index (κ3) is 3.59. The van der Waals surface area contributed by atoms with Crippen molar-refractivity contribution >= 4 is 11.8 Å². The zero-order chi connectivity index (χ0) is 15.4. The van der Waals surface area contributed by atoms with E-state index in [4.69, 9.17) is 20.3 Å². The van der Waals surface area contributed by atoms with Gasteiger partial charge in [0.25, 0.3) is 0 Å². The van der Waals surface area contributed by atoms with Gasteiger partial charge in [0.1, 0.15) is 5.75 Å². The number of methoxy groups -OCH3 is 1. The maximum Gasteiger partial charge on any atom is 0.328 e. The van der Waals surface area contributed by atoms with Crippen molar-refractivity contribution in [1.82, 2.24) is 0 Å². The molecule has 0 radical (unpaired) electrons. The number of carboxylic acids is 1. The molecule has 3 N–H and O–H groups in total.